The van der Waals surface area contributed by atoms with E-state index >= 15 is 0 Å². The molecule has 0 spiro atoms. The van der Waals surface area contributed by atoms with Crippen LogP contribution in [0.5, 0.6) is 0 Å². The molecule has 9 aromatic rings. The molecule has 0 fully saturated rings. The van der Waals surface area contributed by atoms with Gasteiger partial charge < -0.3 is 5.73 Å². The minimum atomic E-state index is -0.155. The minimum Gasteiger partial charge on any atom is -0.330 e. The summed E-state index contributed by atoms with van der Waals surface area (Å²) >= 11 is 0. The van der Waals surface area contributed by atoms with E-state index < -0.39 is 0 Å². The molecule has 0 heterocycles. The number of rotatable bonds is 7. The Hall–Kier alpha value is -7.32. The van der Waals surface area contributed by atoms with Crippen LogP contribution < -0.4 is 5.73 Å². The molecule has 0 saturated heterocycles. The van der Waals surface area contributed by atoms with Crippen molar-refractivity contribution in [2.45, 2.75) is 83.5 Å². The molecule has 0 saturated carbocycles. The maximum absolute atomic E-state index is 5.77. The van der Waals surface area contributed by atoms with Crippen LogP contribution in [0.3, 0.4) is 0 Å². The monoisotopic (exact) mass is 915 g/mol. The fraction of sp³-hybridized carbons (Fsp3) is 0.200. The number of hydrogen-bond donors (Lipinski definition) is 1. The smallest absolute Gasteiger partial charge is 0.0159 e. The van der Waals surface area contributed by atoms with E-state index in [1.165, 1.54) is 139 Å². The lowest BCUT2D eigenvalue weighted by Gasteiger charge is -2.24. The maximum atomic E-state index is 5.77. The quantitative estimate of drug-likeness (QED) is 0.169. The van der Waals surface area contributed by atoms with Crippen LogP contribution in [0.2, 0.25) is 0 Å². The Labute approximate surface area is 420 Å². The van der Waals surface area contributed by atoms with Crippen molar-refractivity contribution in [2.75, 3.05) is 6.54 Å². The summed E-state index contributed by atoms with van der Waals surface area (Å²) in [5, 5.41) is 0. The summed E-state index contributed by atoms with van der Waals surface area (Å²) < 4.78 is 0. The van der Waals surface area contributed by atoms with E-state index in [1.807, 2.05) is 0 Å². The second-order valence-corrected chi connectivity index (χ2v) is 23.0. The third-order valence-electron chi connectivity index (χ3n) is 17.5. The van der Waals surface area contributed by atoms with Gasteiger partial charge >= 0.3 is 0 Å². The molecule has 71 heavy (non-hydrogen) atoms. The Morgan fingerprint density at radius 1 is 0.296 bits per heavy atom. The normalized spacial score (nSPS) is 16.2. The lowest BCUT2D eigenvalue weighted by Crippen LogP contribution is -2.16. The second kappa shape index (κ2) is 15.3. The van der Waals surface area contributed by atoms with Crippen molar-refractivity contribution in [3.63, 3.8) is 0 Å². The van der Waals surface area contributed by atoms with E-state index in [-0.39, 0.29) is 21.7 Å². The zero-order chi connectivity index (χ0) is 48.8. The van der Waals surface area contributed by atoms with Crippen molar-refractivity contribution >= 4 is 6.08 Å². The van der Waals surface area contributed by atoms with E-state index in [2.05, 4.69) is 243 Å². The second-order valence-electron chi connectivity index (χ2n) is 23.0. The molecule has 2 N–H and O–H groups in total. The molecule has 0 radical (unpaired) electrons. The number of hydrogen-bond acceptors (Lipinski definition) is 1. The third-order valence-corrected chi connectivity index (χ3v) is 17.5. The van der Waals surface area contributed by atoms with E-state index in [0.717, 1.165) is 6.42 Å². The van der Waals surface area contributed by atoms with Gasteiger partial charge in [0.1, 0.15) is 0 Å². The van der Waals surface area contributed by atoms with Crippen molar-refractivity contribution < 1.29 is 0 Å². The van der Waals surface area contributed by atoms with Gasteiger partial charge in [0, 0.05) is 21.7 Å². The highest BCUT2D eigenvalue weighted by molar-refractivity contribution is 5.91. The molecular formula is C70H61N. The highest BCUT2D eigenvalue weighted by atomic mass is 14.5. The topological polar surface area (TPSA) is 26.0 Å². The number of benzene rings is 9. The van der Waals surface area contributed by atoms with E-state index in [4.69, 9.17) is 5.73 Å². The van der Waals surface area contributed by atoms with Crippen LogP contribution in [-0.2, 0) is 21.7 Å². The van der Waals surface area contributed by atoms with Crippen molar-refractivity contribution in [3.05, 3.63) is 232 Å². The molecule has 0 amide bonds. The molecule has 0 unspecified atom stereocenters. The van der Waals surface area contributed by atoms with Crippen LogP contribution in [0.1, 0.15) is 112 Å². The lowest BCUT2D eigenvalue weighted by molar-refractivity contribution is 0.659. The average Bonchev–Trinajstić information content (AvgIpc) is 3.95. The predicted octanol–water partition coefficient (Wildman–Crippen LogP) is 17.9. The Bertz CT molecular complexity index is 3770. The van der Waals surface area contributed by atoms with Gasteiger partial charge in [-0.05, 0) is 195 Å². The van der Waals surface area contributed by atoms with Gasteiger partial charge in [-0.2, -0.15) is 0 Å². The highest BCUT2D eigenvalue weighted by Gasteiger charge is 2.40. The van der Waals surface area contributed by atoms with Crippen LogP contribution in [0, 0.1) is 0 Å². The van der Waals surface area contributed by atoms with E-state index in [9.17, 15) is 0 Å². The van der Waals surface area contributed by atoms with Crippen LogP contribution in [0.25, 0.3) is 95.1 Å². The SMILES string of the molecule is CC1(C)c2ccccc2-c2ccc(-c3cccc(-c4ccc5c(c4)C(C)(C)c4cc(-c6ccc7c(c6)C(C)(C)c6cc(-c8ccc9c(c8)C(C)(C)c8cc(/C=C/CCN)ccc8-9)ccc6-7)ccc4-5)c3)cc21. The Kier molecular flexibility index (Phi) is 9.44. The molecule has 4 aliphatic carbocycles. The summed E-state index contributed by atoms with van der Waals surface area (Å²) in [5.41, 5.74) is 38.7. The van der Waals surface area contributed by atoms with Crippen LogP contribution >= 0.6 is 0 Å². The summed E-state index contributed by atoms with van der Waals surface area (Å²) in [5.74, 6) is 0. The van der Waals surface area contributed by atoms with E-state index in [0.29, 0.717) is 6.54 Å². The molecule has 4 aliphatic rings. The first kappa shape index (κ1) is 43.7. The fourth-order valence-corrected chi connectivity index (χ4v) is 13.3. The predicted molar refractivity (Wildman–Crippen MR) is 301 cm³/mol. The molecule has 13 rings (SSSR count). The first-order valence-electron chi connectivity index (χ1n) is 25.8. The van der Waals surface area contributed by atoms with E-state index in [1.54, 1.807) is 0 Å². The summed E-state index contributed by atoms with van der Waals surface area (Å²) in [6, 6.07) is 67.9. The Morgan fingerprint density at radius 2 is 0.592 bits per heavy atom. The van der Waals surface area contributed by atoms with Crippen molar-refractivity contribution in [2.24, 2.45) is 5.73 Å². The zero-order valence-electron chi connectivity index (χ0n) is 42.4. The summed E-state index contributed by atoms with van der Waals surface area (Å²) in [7, 11) is 0. The standard InChI is InChI=1S/C70H61N/c1-67(2)59-18-10-9-17-51(59)53-27-20-45(36-61(53)67)43-15-13-16-44(35-43)46-21-28-55-56-30-24-49(40-64(56)69(5,6)63(55)37-46)50-25-32-58-57-31-23-48(39-65(57)70(7,8)66(58)41-50)47-22-29-54-52-26-19-42(14-11-12-33-71)34-60(52)68(3,4)62(54)38-47/h9-11,13-32,34-41H,12,33,71H2,1-8H3/b14-11+. The average molecular weight is 916 g/mol. The molecular weight excluding hydrogens is 855 g/mol. The summed E-state index contributed by atoms with van der Waals surface area (Å²) in [4.78, 5) is 0. The van der Waals surface area contributed by atoms with Crippen LogP contribution in [0.4, 0.5) is 0 Å². The Balaban J connectivity index is 0.777. The molecule has 0 bridgehead atoms. The lowest BCUT2D eigenvalue weighted by atomic mass is 9.79. The van der Waals surface area contributed by atoms with Gasteiger partial charge in [0.25, 0.3) is 0 Å². The van der Waals surface area contributed by atoms with Crippen LogP contribution in [-0.4, -0.2) is 6.54 Å². The minimum absolute atomic E-state index is 0.0283. The number of nitrogens with two attached hydrogens (primary N) is 1. The molecule has 0 atom stereocenters. The maximum Gasteiger partial charge on any atom is 0.0159 e. The fourth-order valence-electron chi connectivity index (χ4n) is 13.3. The van der Waals surface area contributed by atoms with Gasteiger partial charge in [-0.3, -0.25) is 0 Å². The van der Waals surface area contributed by atoms with Gasteiger partial charge in [0.2, 0.25) is 0 Å². The van der Waals surface area contributed by atoms with Gasteiger partial charge in [0.15, 0.2) is 0 Å². The summed E-state index contributed by atoms with van der Waals surface area (Å²) in [6.07, 6.45) is 5.28. The number of fused-ring (bicyclic) bond motifs is 12. The van der Waals surface area contributed by atoms with Crippen molar-refractivity contribution in [3.8, 4) is 89.0 Å². The molecule has 0 aliphatic heterocycles. The Morgan fingerprint density at radius 3 is 0.958 bits per heavy atom. The largest absolute Gasteiger partial charge is 0.330 e. The van der Waals surface area contributed by atoms with Crippen LogP contribution in [0.15, 0.2) is 182 Å². The first-order valence-corrected chi connectivity index (χ1v) is 25.8. The first-order chi connectivity index (χ1) is 34.1. The zero-order valence-corrected chi connectivity index (χ0v) is 42.4. The molecule has 9 aromatic carbocycles. The van der Waals surface area contributed by atoms with Gasteiger partial charge in [-0.15, -0.1) is 0 Å². The van der Waals surface area contributed by atoms with Gasteiger partial charge in [0.05, 0.1) is 0 Å². The van der Waals surface area contributed by atoms with Gasteiger partial charge in [-0.1, -0.05) is 201 Å². The van der Waals surface area contributed by atoms with Crippen molar-refractivity contribution in [1.82, 2.24) is 0 Å². The molecule has 1 nitrogen and oxygen atoms in total. The third kappa shape index (κ3) is 6.41. The molecule has 0 aromatic heterocycles. The highest BCUT2D eigenvalue weighted by Crippen LogP contribution is 2.55. The summed E-state index contributed by atoms with van der Waals surface area (Å²) in [6.45, 7) is 19.8. The molecule has 346 valence electrons. The van der Waals surface area contributed by atoms with Crippen molar-refractivity contribution in [1.29, 1.82) is 0 Å². The molecule has 1 heteroatoms. The van der Waals surface area contributed by atoms with Gasteiger partial charge in [-0.25, -0.2) is 0 Å².